The van der Waals surface area contributed by atoms with Crippen LogP contribution in [0.2, 0.25) is 0 Å². The summed E-state index contributed by atoms with van der Waals surface area (Å²) in [6.07, 6.45) is 23.8. The van der Waals surface area contributed by atoms with Crippen LogP contribution in [0.3, 0.4) is 0 Å². The molecule has 3 fully saturated rings. The molecule has 0 amide bonds. The van der Waals surface area contributed by atoms with Crippen molar-refractivity contribution in [3.8, 4) is 0 Å². The van der Waals surface area contributed by atoms with Gasteiger partial charge in [-0.05, 0) is 93.8 Å². The zero-order chi connectivity index (χ0) is 22.1. The van der Waals surface area contributed by atoms with Crippen LogP contribution in [-0.4, -0.2) is 12.1 Å². The van der Waals surface area contributed by atoms with Gasteiger partial charge in [-0.15, -0.1) is 0 Å². The first-order chi connectivity index (χ1) is 15.1. The van der Waals surface area contributed by atoms with E-state index in [1.165, 1.54) is 89.9 Å². The van der Waals surface area contributed by atoms with Crippen molar-refractivity contribution in [1.29, 1.82) is 0 Å². The molecule has 3 saturated carbocycles. The Bertz CT molecular complexity index is 499. The second-order valence-electron chi connectivity index (χ2n) is 11.6. The zero-order valence-corrected chi connectivity index (χ0v) is 21.1. The molecule has 3 rings (SSSR count). The van der Waals surface area contributed by atoms with Gasteiger partial charge in [0.15, 0.2) is 0 Å². The molecule has 0 bridgehead atoms. The van der Waals surface area contributed by atoms with Crippen molar-refractivity contribution in [3.05, 3.63) is 0 Å². The van der Waals surface area contributed by atoms with Crippen molar-refractivity contribution >= 4 is 5.97 Å². The lowest BCUT2D eigenvalue weighted by Crippen LogP contribution is -2.34. The average Bonchev–Trinajstić information content (AvgIpc) is 2.80. The van der Waals surface area contributed by atoms with Gasteiger partial charge in [0.2, 0.25) is 0 Å². The highest BCUT2D eigenvalue weighted by molar-refractivity contribution is 5.72. The molecule has 0 N–H and O–H groups in total. The van der Waals surface area contributed by atoms with E-state index in [2.05, 4.69) is 20.8 Å². The number of hydrogen-bond donors (Lipinski definition) is 0. The van der Waals surface area contributed by atoms with Gasteiger partial charge in [0.25, 0.3) is 0 Å². The molecular formula is C29H52O2. The molecular weight excluding hydrogens is 380 g/mol. The highest BCUT2D eigenvalue weighted by Crippen LogP contribution is 2.45. The summed E-state index contributed by atoms with van der Waals surface area (Å²) in [5.41, 5.74) is 0. The summed E-state index contributed by atoms with van der Waals surface area (Å²) in [5.74, 6) is 4.84. The molecule has 0 aromatic rings. The number of ether oxygens (including phenoxy) is 1. The molecule has 0 aromatic heterocycles. The first kappa shape index (κ1) is 25.1. The van der Waals surface area contributed by atoms with Crippen molar-refractivity contribution in [3.63, 3.8) is 0 Å². The van der Waals surface area contributed by atoms with Crippen LogP contribution < -0.4 is 0 Å². The van der Waals surface area contributed by atoms with Gasteiger partial charge in [-0.2, -0.15) is 0 Å². The van der Waals surface area contributed by atoms with E-state index < -0.39 is 0 Å². The number of carbonyl (C=O) groups excluding carboxylic acids is 1. The van der Waals surface area contributed by atoms with E-state index in [4.69, 9.17) is 4.74 Å². The van der Waals surface area contributed by atoms with E-state index >= 15 is 0 Å². The standard InChI is InChI=1S/C29H52O2/c1-4-6-7-8-9-10-24-13-20-28(22(3)21-24)25-14-16-26(17-15-25)29(30)31-27-18-11-23(5-2)12-19-27/h22-28H,4-21H2,1-3H3/t22-,23?,24+,25?,26?,27?,28-/m1/s1. The smallest absolute Gasteiger partial charge is 0.309 e. The molecule has 0 aromatic carbocycles. The maximum absolute atomic E-state index is 12.8. The van der Waals surface area contributed by atoms with Crippen LogP contribution in [0.1, 0.15) is 136 Å². The van der Waals surface area contributed by atoms with Crippen molar-refractivity contribution in [2.24, 2.45) is 35.5 Å². The largest absolute Gasteiger partial charge is 0.462 e. The Labute approximate surface area is 193 Å². The predicted molar refractivity (Wildman–Crippen MR) is 131 cm³/mol. The number of carbonyl (C=O) groups is 1. The molecule has 0 saturated heterocycles. The summed E-state index contributed by atoms with van der Waals surface area (Å²) < 4.78 is 5.96. The lowest BCUT2D eigenvalue weighted by molar-refractivity contribution is -0.157. The molecule has 2 heteroatoms. The Balaban J connectivity index is 1.33. The van der Waals surface area contributed by atoms with Crippen molar-refractivity contribution in [1.82, 2.24) is 0 Å². The first-order valence-corrected chi connectivity index (χ1v) is 14.3. The van der Waals surface area contributed by atoms with Crippen LogP contribution in [0.5, 0.6) is 0 Å². The average molecular weight is 433 g/mol. The monoisotopic (exact) mass is 432 g/mol. The molecule has 3 aliphatic carbocycles. The summed E-state index contributed by atoms with van der Waals surface area (Å²) in [7, 11) is 0. The predicted octanol–water partition coefficient (Wildman–Crippen LogP) is 8.72. The SMILES string of the molecule is CCCCCCC[C@H]1CC[C@@H](C2CCC(C(=O)OC3CCC(CC)CC3)CC2)[C@H](C)C1. The Hall–Kier alpha value is -0.530. The van der Waals surface area contributed by atoms with Crippen molar-refractivity contribution in [2.45, 2.75) is 142 Å². The summed E-state index contributed by atoms with van der Waals surface area (Å²) in [4.78, 5) is 12.8. The molecule has 31 heavy (non-hydrogen) atoms. The Morgan fingerprint density at radius 1 is 0.774 bits per heavy atom. The fourth-order valence-electron chi connectivity index (χ4n) is 7.23. The van der Waals surface area contributed by atoms with E-state index in [1.54, 1.807) is 0 Å². The van der Waals surface area contributed by atoms with E-state index in [-0.39, 0.29) is 18.0 Å². The minimum Gasteiger partial charge on any atom is -0.462 e. The van der Waals surface area contributed by atoms with E-state index in [1.807, 2.05) is 0 Å². The van der Waals surface area contributed by atoms with Gasteiger partial charge >= 0.3 is 5.97 Å². The fraction of sp³-hybridized carbons (Fsp3) is 0.966. The van der Waals surface area contributed by atoms with Crippen LogP contribution in [0.15, 0.2) is 0 Å². The maximum Gasteiger partial charge on any atom is 0.309 e. The Morgan fingerprint density at radius 3 is 2.10 bits per heavy atom. The van der Waals surface area contributed by atoms with Crippen LogP contribution in [0, 0.1) is 35.5 Å². The maximum atomic E-state index is 12.8. The minimum absolute atomic E-state index is 0.137. The van der Waals surface area contributed by atoms with Gasteiger partial charge in [-0.25, -0.2) is 0 Å². The van der Waals surface area contributed by atoms with Crippen LogP contribution in [-0.2, 0) is 9.53 Å². The van der Waals surface area contributed by atoms with Gasteiger partial charge in [-0.1, -0.05) is 72.1 Å². The first-order valence-electron chi connectivity index (χ1n) is 14.3. The molecule has 0 radical (unpaired) electrons. The van der Waals surface area contributed by atoms with Crippen molar-refractivity contribution < 1.29 is 9.53 Å². The summed E-state index contributed by atoms with van der Waals surface area (Å²) in [5, 5.41) is 0. The topological polar surface area (TPSA) is 26.3 Å². The molecule has 0 spiro atoms. The second kappa shape index (κ2) is 13.2. The van der Waals surface area contributed by atoms with E-state index in [0.29, 0.717) is 0 Å². The lowest BCUT2D eigenvalue weighted by Gasteiger charge is -2.41. The van der Waals surface area contributed by atoms with Crippen LogP contribution in [0.4, 0.5) is 0 Å². The number of unbranched alkanes of at least 4 members (excludes halogenated alkanes) is 4. The molecule has 2 nitrogen and oxygen atoms in total. The minimum atomic E-state index is 0.137. The van der Waals surface area contributed by atoms with Crippen molar-refractivity contribution in [2.75, 3.05) is 0 Å². The number of esters is 1. The second-order valence-corrected chi connectivity index (χ2v) is 11.6. The van der Waals surface area contributed by atoms with Gasteiger partial charge in [-0.3, -0.25) is 4.79 Å². The quantitative estimate of drug-likeness (QED) is 0.255. The van der Waals surface area contributed by atoms with Crippen LogP contribution in [0.25, 0.3) is 0 Å². The fourth-order valence-corrected chi connectivity index (χ4v) is 7.23. The molecule has 0 heterocycles. The van der Waals surface area contributed by atoms with Crippen LogP contribution >= 0.6 is 0 Å². The summed E-state index contributed by atoms with van der Waals surface area (Å²) >= 11 is 0. The van der Waals surface area contributed by atoms with E-state index in [0.717, 1.165) is 55.3 Å². The lowest BCUT2D eigenvalue weighted by atomic mass is 9.64. The van der Waals surface area contributed by atoms with E-state index in [9.17, 15) is 4.79 Å². The zero-order valence-electron chi connectivity index (χ0n) is 21.1. The highest BCUT2D eigenvalue weighted by atomic mass is 16.5. The third-order valence-corrected chi connectivity index (χ3v) is 9.42. The van der Waals surface area contributed by atoms with Gasteiger partial charge in [0.1, 0.15) is 6.10 Å². The van der Waals surface area contributed by atoms with Gasteiger partial charge < -0.3 is 4.74 Å². The number of rotatable bonds is 10. The third kappa shape index (κ3) is 7.78. The Kier molecular flexibility index (Phi) is 10.7. The number of hydrogen-bond acceptors (Lipinski definition) is 2. The molecule has 3 aliphatic rings. The normalized spacial score (nSPS) is 36.8. The molecule has 3 atom stereocenters. The molecule has 180 valence electrons. The Morgan fingerprint density at radius 2 is 1.45 bits per heavy atom. The molecule has 0 aliphatic heterocycles. The van der Waals surface area contributed by atoms with Gasteiger partial charge in [0.05, 0.1) is 5.92 Å². The molecule has 0 unspecified atom stereocenters. The highest BCUT2D eigenvalue weighted by Gasteiger charge is 2.37. The summed E-state index contributed by atoms with van der Waals surface area (Å²) in [6, 6.07) is 0. The third-order valence-electron chi connectivity index (χ3n) is 9.42. The summed E-state index contributed by atoms with van der Waals surface area (Å²) in [6.45, 7) is 7.12. The van der Waals surface area contributed by atoms with Gasteiger partial charge in [0, 0.05) is 0 Å².